The van der Waals surface area contributed by atoms with Crippen LogP contribution in [0.15, 0.2) is 28.7 Å². The van der Waals surface area contributed by atoms with Crippen molar-refractivity contribution < 1.29 is 19.1 Å². The van der Waals surface area contributed by atoms with Gasteiger partial charge in [0.25, 0.3) is 5.91 Å². The standard InChI is InChI=1S/C16H18N2O4S/c1-4-5-6-11(16(20)21)18-14(19)13-10(3)17-15(23-13)12-8-7-9(2)22-12/h4-5,7-8,11H,6H2,1-3H3,(H,18,19)(H,20,21)/b5-4+. The average molecular weight is 334 g/mol. The lowest BCUT2D eigenvalue weighted by molar-refractivity contribution is -0.139. The molecular formula is C16H18N2O4S. The number of hydrogen-bond donors (Lipinski definition) is 2. The summed E-state index contributed by atoms with van der Waals surface area (Å²) in [7, 11) is 0. The zero-order valence-electron chi connectivity index (χ0n) is 13.1. The number of aryl methyl sites for hydroxylation is 2. The molecule has 0 aliphatic carbocycles. The van der Waals surface area contributed by atoms with E-state index in [4.69, 9.17) is 4.42 Å². The quantitative estimate of drug-likeness (QED) is 0.792. The number of carbonyl (C=O) groups excluding carboxylic acids is 1. The third kappa shape index (κ3) is 4.07. The molecule has 2 aromatic rings. The van der Waals surface area contributed by atoms with E-state index < -0.39 is 17.9 Å². The normalized spacial score (nSPS) is 12.5. The van der Waals surface area contributed by atoms with Gasteiger partial charge in [-0.15, -0.1) is 11.3 Å². The molecule has 6 nitrogen and oxygen atoms in total. The molecule has 0 saturated heterocycles. The third-order valence-corrected chi connectivity index (χ3v) is 4.34. The molecule has 0 spiro atoms. The Morgan fingerprint density at radius 2 is 2.17 bits per heavy atom. The number of nitrogens with zero attached hydrogens (tertiary/aromatic N) is 1. The molecular weight excluding hydrogens is 316 g/mol. The highest BCUT2D eigenvalue weighted by Crippen LogP contribution is 2.29. The van der Waals surface area contributed by atoms with Gasteiger partial charge >= 0.3 is 5.97 Å². The number of carboxylic acids is 1. The van der Waals surface area contributed by atoms with Gasteiger partial charge in [-0.3, -0.25) is 4.79 Å². The topological polar surface area (TPSA) is 92.4 Å². The van der Waals surface area contributed by atoms with Crippen LogP contribution in [-0.4, -0.2) is 28.0 Å². The van der Waals surface area contributed by atoms with Crippen LogP contribution in [-0.2, 0) is 4.79 Å². The molecule has 0 bridgehead atoms. The minimum atomic E-state index is -1.07. The first-order valence-corrected chi connectivity index (χ1v) is 7.93. The fourth-order valence-corrected chi connectivity index (χ4v) is 2.91. The molecule has 2 N–H and O–H groups in total. The summed E-state index contributed by atoms with van der Waals surface area (Å²) in [6, 6.07) is 2.65. The second kappa shape index (κ2) is 7.23. The summed E-state index contributed by atoms with van der Waals surface area (Å²) in [5, 5.41) is 12.3. The number of nitrogens with one attached hydrogen (secondary N) is 1. The number of aromatic nitrogens is 1. The Morgan fingerprint density at radius 1 is 1.43 bits per heavy atom. The number of hydrogen-bond acceptors (Lipinski definition) is 5. The van der Waals surface area contributed by atoms with Gasteiger partial charge in [-0.2, -0.15) is 0 Å². The van der Waals surface area contributed by atoms with Crippen LogP contribution < -0.4 is 5.32 Å². The maximum absolute atomic E-state index is 12.3. The molecule has 7 heteroatoms. The largest absolute Gasteiger partial charge is 0.480 e. The van der Waals surface area contributed by atoms with Crippen molar-refractivity contribution in [3.63, 3.8) is 0 Å². The Balaban J connectivity index is 2.19. The van der Waals surface area contributed by atoms with E-state index in [1.54, 1.807) is 32.1 Å². The molecule has 0 fully saturated rings. The first kappa shape index (κ1) is 17.0. The Bertz CT molecular complexity index is 745. The van der Waals surface area contributed by atoms with Gasteiger partial charge in [0.15, 0.2) is 10.8 Å². The van der Waals surface area contributed by atoms with E-state index in [9.17, 15) is 14.7 Å². The lowest BCUT2D eigenvalue weighted by Crippen LogP contribution is -2.40. The molecule has 2 rings (SSSR count). The van der Waals surface area contributed by atoms with E-state index >= 15 is 0 Å². The van der Waals surface area contributed by atoms with Crippen LogP contribution in [0.3, 0.4) is 0 Å². The van der Waals surface area contributed by atoms with E-state index in [0.29, 0.717) is 21.3 Å². The highest BCUT2D eigenvalue weighted by molar-refractivity contribution is 7.17. The van der Waals surface area contributed by atoms with Crippen molar-refractivity contribution in [1.29, 1.82) is 0 Å². The van der Waals surface area contributed by atoms with Crippen molar-refractivity contribution in [3.05, 3.63) is 40.6 Å². The zero-order chi connectivity index (χ0) is 17.0. The summed E-state index contributed by atoms with van der Waals surface area (Å²) in [5.41, 5.74) is 0.548. The fraction of sp³-hybridized carbons (Fsp3) is 0.312. The van der Waals surface area contributed by atoms with Gasteiger partial charge < -0.3 is 14.8 Å². The molecule has 2 heterocycles. The van der Waals surface area contributed by atoms with Crippen molar-refractivity contribution >= 4 is 23.2 Å². The van der Waals surface area contributed by atoms with Gasteiger partial charge in [-0.1, -0.05) is 12.2 Å². The Hall–Kier alpha value is -2.41. The predicted octanol–water partition coefficient (Wildman–Crippen LogP) is 3.17. The zero-order valence-corrected chi connectivity index (χ0v) is 13.9. The van der Waals surface area contributed by atoms with E-state index in [1.165, 1.54) is 11.3 Å². The molecule has 1 atom stereocenters. The molecule has 0 aliphatic rings. The number of carbonyl (C=O) groups is 2. The molecule has 2 aromatic heterocycles. The van der Waals surface area contributed by atoms with Gasteiger partial charge in [0, 0.05) is 0 Å². The monoisotopic (exact) mass is 334 g/mol. The Morgan fingerprint density at radius 3 is 2.74 bits per heavy atom. The summed E-state index contributed by atoms with van der Waals surface area (Å²) >= 11 is 1.18. The fourth-order valence-electron chi connectivity index (χ4n) is 1.98. The summed E-state index contributed by atoms with van der Waals surface area (Å²) < 4.78 is 5.50. The number of carboxylic acid groups (broad SMARTS) is 1. The van der Waals surface area contributed by atoms with Crippen molar-refractivity contribution in [2.75, 3.05) is 0 Å². The second-order valence-corrected chi connectivity index (χ2v) is 6.01. The van der Waals surface area contributed by atoms with Crippen molar-refractivity contribution in [3.8, 4) is 10.8 Å². The van der Waals surface area contributed by atoms with Gasteiger partial charge in [0.2, 0.25) is 0 Å². The first-order chi connectivity index (χ1) is 10.9. The maximum atomic E-state index is 12.3. The summed E-state index contributed by atoms with van der Waals surface area (Å²) in [4.78, 5) is 28.3. The lowest BCUT2D eigenvalue weighted by atomic mass is 10.2. The minimum absolute atomic E-state index is 0.236. The molecule has 0 aromatic carbocycles. The Kier molecular flexibility index (Phi) is 5.33. The van der Waals surface area contributed by atoms with Gasteiger partial charge in [0.1, 0.15) is 16.7 Å². The molecule has 0 saturated carbocycles. The lowest BCUT2D eigenvalue weighted by Gasteiger charge is -2.11. The SMILES string of the molecule is C/C=C/CC(NC(=O)c1sc(-c2ccc(C)o2)nc1C)C(=O)O. The van der Waals surface area contributed by atoms with Crippen molar-refractivity contribution in [2.45, 2.75) is 33.2 Å². The van der Waals surface area contributed by atoms with Crippen molar-refractivity contribution in [1.82, 2.24) is 10.3 Å². The molecule has 122 valence electrons. The van der Waals surface area contributed by atoms with Crippen LogP contribution >= 0.6 is 11.3 Å². The van der Waals surface area contributed by atoms with Crippen LogP contribution in [0.4, 0.5) is 0 Å². The van der Waals surface area contributed by atoms with Crippen molar-refractivity contribution in [2.24, 2.45) is 0 Å². The first-order valence-electron chi connectivity index (χ1n) is 7.11. The van der Waals surface area contributed by atoms with Crippen LogP contribution in [0.2, 0.25) is 0 Å². The van der Waals surface area contributed by atoms with E-state index in [1.807, 2.05) is 13.0 Å². The second-order valence-electron chi connectivity index (χ2n) is 5.01. The maximum Gasteiger partial charge on any atom is 0.326 e. The number of rotatable bonds is 6. The van der Waals surface area contributed by atoms with Crippen LogP contribution in [0.5, 0.6) is 0 Å². The molecule has 0 aliphatic heterocycles. The minimum Gasteiger partial charge on any atom is -0.480 e. The number of amides is 1. The summed E-state index contributed by atoms with van der Waals surface area (Å²) in [6.45, 7) is 5.34. The molecule has 1 unspecified atom stereocenters. The van der Waals surface area contributed by atoms with Gasteiger partial charge in [-0.05, 0) is 39.3 Å². The number of furan rings is 1. The Labute approximate surface area is 137 Å². The highest BCUT2D eigenvalue weighted by Gasteiger charge is 2.23. The van der Waals surface area contributed by atoms with Crippen LogP contribution in [0.1, 0.15) is 34.5 Å². The summed E-state index contributed by atoms with van der Waals surface area (Å²) in [5.74, 6) is -0.151. The summed E-state index contributed by atoms with van der Waals surface area (Å²) in [6.07, 6.45) is 3.69. The average Bonchev–Trinajstić information content (AvgIpc) is 3.09. The molecule has 0 radical (unpaired) electrons. The third-order valence-electron chi connectivity index (χ3n) is 3.16. The molecule has 1 amide bonds. The molecule has 23 heavy (non-hydrogen) atoms. The van der Waals surface area contributed by atoms with Crippen LogP contribution in [0, 0.1) is 13.8 Å². The van der Waals surface area contributed by atoms with E-state index in [0.717, 1.165) is 5.76 Å². The number of thiazole rings is 1. The van der Waals surface area contributed by atoms with Crippen LogP contribution in [0.25, 0.3) is 10.8 Å². The van der Waals surface area contributed by atoms with E-state index in [2.05, 4.69) is 10.3 Å². The number of aliphatic carboxylic acids is 1. The van der Waals surface area contributed by atoms with E-state index in [-0.39, 0.29) is 6.42 Å². The number of allylic oxidation sites excluding steroid dienone is 1. The highest BCUT2D eigenvalue weighted by atomic mass is 32.1. The van der Waals surface area contributed by atoms with Gasteiger partial charge in [-0.25, -0.2) is 9.78 Å². The smallest absolute Gasteiger partial charge is 0.326 e. The van der Waals surface area contributed by atoms with Gasteiger partial charge in [0.05, 0.1) is 5.69 Å². The predicted molar refractivity (Wildman–Crippen MR) is 87.6 cm³/mol.